The van der Waals surface area contributed by atoms with Gasteiger partial charge in [0.2, 0.25) is 0 Å². The van der Waals surface area contributed by atoms with Crippen LogP contribution in [0.15, 0.2) is 24.4 Å². The van der Waals surface area contributed by atoms with Gasteiger partial charge < -0.3 is 10.2 Å². The molecule has 0 saturated heterocycles. The molecule has 0 fully saturated rings. The van der Waals surface area contributed by atoms with Gasteiger partial charge >= 0.3 is 0 Å². The fraction of sp³-hybridized carbons (Fsp3) is 0.100. The van der Waals surface area contributed by atoms with Gasteiger partial charge in [-0.1, -0.05) is 11.6 Å². The molecule has 3 nitrogen and oxygen atoms in total. The molecule has 2 aromatic rings. The highest BCUT2D eigenvalue weighted by Crippen LogP contribution is 2.31. The molecule has 1 heterocycles. The van der Waals surface area contributed by atoms with E-state index in [1.54, 1.807) is 18.3 Å². The number of aliphatic hydroxyl groups is 1. The Morgan fingerprint density at radius 3 is 2.80 bits per heavy atom. The summed E-state index contributed by atoms with van der Waals surface area (Å²) >= 11 is 7.18. The maximum absolute atomic E-state index is 9.25. The smallest absolute Gasteiger partial charge is 0.134 e. The Balaban J connectivity index is 2.40. The number of aromatic hydroxyl groups is 1. The molecule has 0 radical (unpaired) electrons. The summed E-state index contributed by atoms with van der Waals surface area (Å²) in [6.07, 6.45) is 1.63. The number of halogens is 1. The lowest BCUT2D eigenvalue weighted by molar-refractivity contribution is 0.285. The molecular formula is C10H8ClNO2S. The quantitative estimate of drug-likeness (QED) is 0.850. The van der Waals surface area contributed by atoms with Crippen molar-refractivity contribution in [2.24, 2.45) is 0 Å². The van der Waals surface area contributed by atoms with E-state index in [-0.39, 0.29) is 12.4 Å². The molecule has 1 aromatic heterocycles. The second-order valence-electron chi connectivity index (χ2n) is 2.96. The Morgan fingerprint density at radius 1 is 1.40 bits per heavy atom. The predicted molar refractivity (Wildman–Crippen MR) is 60.1 cm³/mol. The average Bonchev–Trinajstić information content (AvgIpc) is 2.70. The Labute approximate surface area is 95.6 Å². The Bertz CT molecular complexity index is 484. The normalized spacial score (nSPS) is 10.5. The van der Waals surface area contributed by atoms with Gasteiger partial charge in [-0.3, -0.25) is 0 Å². The van der Waals surface area contributed by atoms with Crippen LogP contribution in [0.3, 0.4) is 0 Å². The number of nitrogens with zero attached hydrogens (tertiary/aromatic N) is 1. The molecule has 0 aliphatic carbocycles. The summed E-state index contributed by atoms with van der Waals surface area (Å²) in [5, 5.41) is 19.2. The third-order valence-electron chi connectivity index (χ3n) is 1.90. The van der Waals surface area contributed by atoms with Crippen molar-refractivity contribution in [2.45, 2.75) is 6.61 Å². The van der Waals surface area contributed by atoms with E-state index in [0.717, 1.165) is 15.4 Å². The summed E-state index contributed by atoms with van der Waals surface area (Å²) in [6.45, 7) is -0.0104. The van der Waals surface area contributed by atoms with Gasteiger partial charge in [-0.2, -0.15) is 0 Å². The first kappa shape index (κ1) is 10.4. The van der Waals surface area contributed by atoms with Gasteiger partial charge in [-0.15, -0.1) is 11.3 Å². The number of aliphatic hydroxyl groups excluding tert-OH is 1. The van der Waals surface area contributed by atoms with Crippen molar-refractivity contribution in [1.29, 1.82) is 0 Å². The molecule has 2 rings (SSSR count). The maximum Gasteiger partial charge on any atom is 0.134 e. The lowest BCUT2D eigenvalue weighted by atomic mass is 10.2. The van der Waals surface area contributed by atoms with E-state index in [1.165, 1.54) is 17.4 Å². The largest absolute Gasteiger partial charge is 0.506 e. The van der Waals surface area contributed by atoms with Gasteiger partial charge in [0.15, 0.2) is 0 Å². The number of aromatic nitrogens is 1. The van der Waals surface area contributed by atoms with E-state index in [4.69, 9.17) is 16.7 Å². The lowest BCUT2D eigenvalue weighted by Gasteiger charge is -1.99. The molecule has 0 bridgehead atoms. The van der Waals surface area contributed by atoms with Crippen molar-refractivity contribution >= 4 is 22.9 Å². The van der Waals surface area contributed by atoms with Gasteiger partial charge in [0.25, 0.3) is 0 Å². The minimum atomic E-state index is -0.0104. The van der Waals surface area contributed by atoms with Crippen LogP contribution in [0, 0.1) is 0 Å². The average molecular weight is 242 g/mol. The van der Waals surface area contributed by atoms with Crippen LogP contribution in [-0.4, -0.2) is 15.2 Å². The first-order valence-corrected chi connectivity index (χ1v) is 5.44. The highest BCUT2D eigenvalue weighted by molar-refractivity contribution is 7.15. The van der Waals surface area contributed by atoms with Crippen molar-refractivity contribution in [1.82, 2.24) is 4.98 Å². The van der Waals surface area contributed by atoms with Crippen molar-refractivity contribution in [3.63, 3.8) is 0 Å². The van der Waals surface area contributed by atoms with Crippen LogP contribution in [-0.2, 0) is 6.61 Å². The van der Waals surface area contributed by atoms with Gasteiger partial charge in [0.05, 0.1) is 16.5 Å². The van der Waals surface area contributed by atoms with E-state index in [0.29, 0.717) is 5.02 Å². The third-order valence-corrected chi connectivity index (χ3v) is 3.24. The number of thiazole rings is 1. The number of phenols is 1. The molecule has 2 N–H and O–H groups in total. The monoisotopic (exact) mass is 241 g/mol. The molecular weight excluding hydrogens is 234 g/mol. The zero-order chi connectivity index (χ0) is 10.8. The number of hydrogen-bond acceptors (Lipinski definition) is 4. The summed E-state index contributed by atoms with van der Waals surface area (Å²) in [5.41, 5.74) is 0.836. The van der Waals surface area contributed by atoms with E-state index < -0.39 is 0 Å². The van der Waals surface area contributed by atoms with Gasteiger partial charge in [0, 0.05) is 11.8 Å². The van der Waals surface area contributed by atoms with Crippen molar-refractivity contribution in [2.75, 3.05) is 0 Å². The molecule has 0 atom stereocenters. The molecule has 0 amide bonds. The minimum absolute atomic E-state index is 0.0104. The molecule has 0 unspecified atom stereocenters. The summed E-state index contributed by atoms with van der Waals surface area (Å²) in [4.78, 5) is 4.95. The van der Waals surface area contributed by atoms with Crippen LogP contribution in [0.1, 0.15) is 4.88 Å². The molecule has 0 saturated carbocycles. The molecule has 0 spiro atoms. The summed E-state index contributed by atoms with van der Waals surface area (Å²) in [6, 6.07) is 4.91. The topological polar surface area (TPSA) is 53.4 Å². The maximum atomic E-state index is 9.25. The minimum Gasteiger partial charge on any atom is -0.506 e. The first-order chi connectivity index (χ1) is 7.20. The third kappa shape index (κ3) is 2.12. The zero-order valence-electron chi connectivity index (χ0n) is 7.64. The van der Waals surface area contributed by atoms with E-state index in [1.807, 2.05) is 0 Å². The van der Waals surface area contributed by atoms with E-state index in [2.05, 4.69) is 4.98 Å². The van der Waals surface area contributed by atoms with Gasteiger partial charge in [0.1, 0.15) is 10.8 Å². The van der Waals surface area contributed by atoms with E-state index in [9.17, 15) is 5.11 Å². The van der Waals surface area contributed by atoms with Crippen LogP contribution in [0.25, 0.3) is 10.6 Å². The second kappa shape index (κ2) is 4.18. The van der Waals surface area contributed by atoms with Gasteiger partial charge in [-0.25, -0.2) is 4.98 Å². The summed E-state index contributed by atoms with van der Waals surface area (Å²) in [5.74, 6) is 0.0550. The SMILES string of the molecule is OCc1cnc(-c2ccc(O)c(Cl)c2)s1. The standard InChI is InChI=1S/C10H8ClNO2S/c11-8-3-6(1-2-9(8)14)10-12-4-7(5-13)15-10/h1-4,13-14H,5H2. The van der Waals surface area contributed by atoms with Crippen molar-refractivity contribution in [3.05, 3.63) is 34.3 Å². The van der Waals surface area contributed by atoms with Crippen LogP contribution in [0.2, 0.25) is 5.02 Å². The highest BCUT2D eigenvalue weighted by atomic mass is 35.5. The zero-order valence-corrected chi connectivity index (χ0v) is 9.22. The number of rotatable bonds is 2. The lowest BCUT2D eigenvalue weighted by Crippen LogP contribution is -1.75. The fourth-order valence-corrected chi connectivity index (χ4v) is 2.10. The Kier molecular flexibility index (Phi) is 2.90. The molecule has 78 valence electrons. The van der Waals surface area contributed by atoms with Crippen molar-refractivity contribution < 1.29 is 10.2 Å². The molecule has 5 heteroatoms. The highest BCUT2D eigenvalue weighted by Gasteiger charge is 2.06. The molecule has 1 aromatic carbocycles. The predicted octanol–water partition coefficient (Wildman–Crippen LogP) is 2.66. The number of hydrogen-bond donors (Lipinski definition) is 2. The first-order valence-electron chi connectivity index (χ1n) is 4.25. The van der Waals surface area contributed by atoms with E-state index >= 15 is 0 Å². The second-order valence-corrected chi connectivity index (χ2v) is 4.48. The van der Waals surface area contributed by atoms with Crippen LogP contribution >= 0.6 is 22.9 Å². The summed E-state index contributed by atoms with van der Waals surface area (Å²) < 4.78 is 0. The van der Waals surface area contributed by atoms with Crippen LogP contribution in [0.4, 0.5) is 0 Å². The van der Waals surface area contributed by atoms with Crippen LogP contribution < -0.4 is 0 Å². The molecule has 0 aliphatic rings. The van der Waals surface area contributed by atoms with Crippen molar-refractivity contribution in [3.8, 4) is 16.3 Å². The number of benzene rings is 1. The van der Waals surface area contributed by atoms with Crippen LogP contribution in [0.5, 0.6) is 5.75 Å². The number of phenolic OH excluding ortho intramolecular Hbond substituents is 1. The molecule has 15 heavy (non-hydrogen) atoms. The molecule has 0 aliphatic heterocycles. The Morgan fingerprint density at radius 2 is 2.20 bits per heavy atom. The summed E-state index contributed by atoms with van der Waals surface area (Å²) in [7, 11) is 0. The Hall–Kier alpha value is -1.10. The van der Waals surface area contributed by atoms with Gasteiger partial charge in [-0.05, 0) is 18.2 Å². The fourth-order valence-electron chi connectivity index (χ4n) is 1.15.